The van der Waals surface area contributed by atoms with Crippen LogP contribution in [0.25, 0.3) is 5.65 Å². The van der Waals surface area contributed by atoms with Gasteiger partial charge in [0.25, 0.3) is 5.91 Å². The van der Waals surface area contributed by atoms with Gasteiger partial charge in [0.1, 0.15) is 11.3 Å². The lowest BCUT2D eigenvalue weighted by molar-refractivity contribution is 0.0698. The van der Waals surface area contributed by atoms with Gasteiger partial charge in [0.05, 0.1) is 11.3 Å². The SMILES string of the molecule is O=C(Nc1cn2ccnc2cc1C(=O)O)c1ccccn1. The molecule has 0 atom stereocenters. The predicted molar refractivity (Wildman–Crippen MR) is 74.3 cm³/mol. The van der Waals surface area contributed by atoms with E-state index in [1.54, 1.807) is 35.0 Å². The van der Waals surface area contributed by atoms with Crippen LogP contribution in [0.15, 0.2) is 49.1 Å². The maximum Gasteiger partial charge on any atom is 0.338 e. The number of carbonyl (C=O) groups excluding carboxylic acids is 1. The first kappa shape index (κ1) is 12.8. The maximum atomic E-state index is 12.1. The van der Waals surface area contributed by atoms with Crippen molar-refractivity contribution in [3.8, 4) is 0 Å². The topological polar surface area (TPSA) is 96.6 Å². The Morgan fingerprint density at radius 1 is 1.19 bits per heavy atom. The van der Waals surface area contributed by atoms with Gasteiger partial charge in [-0.1, -0.05) is 6.07 Å². The Morgan fingerprint density at radius 3 is 2.76 bits per heavy atom. The summed E-state index contributed by atoms with van der Waals surface area (Å²) in [6.07, 6.45) is 6.21. The van der Waals surface area contributed by atoms with Gasteiger partial charge in [0, 0.05) is 24.8 Å². The first-order valence-corrected chi connectivity index (χ1v) is 6.07. The molecule has 3 aromatic heterocycles. The highest BCUT2D eigenvalue weighted by atomic mass is 16.4. The van der Waals surface area contributed by atoms with Crippen LogP contribution in [0.3, 0.4) is 0 Å². The largest absolute Gasteiger partial charge is 0.478 e. The summed E-state index contributed by atoms with van der Waals surface area (Å²) >= 11 is 0. The van der Waals surface area contributed by atoms with Crippen molar-refractivity contribution in [3.63, 3.8) is 0 Å². The molecule has 0 bridgehead atoms. The smallest absolute Gasteiger partial charge is 0.338 e. The Labute approximate surface area is 118 Å². The van der Waals surface area contributed by atoms with Crippen molar-refractivity contribution in [3.05, 3.63) is 60.3 Å². The molecule has 0 aliphatic heterocycles. The molecule has 0 aromatic carbocycles. The minimum atomic E-state index is -1.14. The molecule has 0 aliphatic rings. The van der Waals surface area contributed by atoms with Gasteiger partial charge >= 0.3 is 5.97 Å². The number of aromatic carboxylic acids is 1. The molecule has 7 heteroatoms. The molecule has 104 valence electrons. The normalized spacial score (nSPS) is 10.5. The van der Waals surface area contributed by atoms with E-state index in [1.807, 2.05) is 0 Å². The van der Waals surface area contributed by atoms with E-state index in [4.69, 9.17) is 0 Å². The van der Waals surface area contributed by atoms with Gasteiger partial charge in [0.2, 0.25) is 0 Å². The standard InChI is InChI=1S/C14H10N4O3/c19-13(10-3-1-2-4-15-10)17-11-8-18-6-5-16-12(18)7-9(11)14(20)21/h1-8H,(H,17,19)(H,20,21). The number of amides is 1. The molecule has 0 spiro atoms. The van der Waals surface area contributed by atoms with E-state index in [-0.39, 0.29) is 16.9 Å². The average Bonchev–Trinajstić information content (AvgIpc) is 2.94. The van der Waals surface area contributed by atoms with Crippen molar-refractivity contribution < 1.29 is 14.7 Å². The predicted octanol–water partition coefficient (Wildman–Crippen LogP) is 1.68. The van der Waals surface area contributed by atoms with Gasteiger partial charge in [-0.25, -0.2) is 9.78 Å². The molecule has 21 heavy (non-hydrogen) atoms. The van der Waals surface area contributed by atoms with E-state index in [0.717, 1.165) is 0 Å². The molecule has 3 aromatic rings. The minimum absolute atomic E-state index is 0.0296. The lowest BCUT2D eigenvalue weighted by Gasteiger charge is -2.09. The molecule has 1 amide bonds. The highest BCUT2D eigenvalue weighted by Gasteiger charge is 2.16. The number of carboxylic acid groups (broad SMARTS) is 1. The minimum Gasteiger partial charge on any atom is -0.478 e. The third-order valence-corrected chi connectivity index (χ3v) is 2.91. The van der Waals surface area contributed by atoms with Gasteiger partial charge in [-0.05, 0) is 18.2 Å². The van der Waals surface area contributed by atoms with Crippen LogP contribution >= 0.6 is 0 Å². The summed E-state index contributed by atoms with van der Waals surface area (Å²) in [4.78, 5) is 31.3. The lowest BCUT2D eigenvalue weighted by atomic mass is 10.2. The second-order valence-corrected chi connectivity index (χ2v) is 4.27. The number of carbonyl (C=O) groups is 2. The van der Waals surface area contributed by atoms with Crippen LogP contribution in [0.2, 0.25) is 0 Å². The molecule has 0 unspecified atom stereocenters. The molecule has 0 saturated carbocycles. The molecule has 3 rings (SSSR count). The van der Waals surface area contributed by atoms with Gasteiger partial charge in [-0.15, -0.1) is 0 Å². The van der Waals surface area contributed by atoms with E-state index in [2.05, 4.69) is 15.3 Å². The third kappa shape index (κ3) is 2.44. The van der Waals surface area contributed by atoms with Crippen LogP contribution in [-0.2, 0) is 0 Å². The fraction of sp³-hybridized carbons (Fsp3) is 0. The van der Waals surface area contributed by atoms with Crippen molar-refractivity contribution in [2.45, 2.75) is 0 Å². The molecule has 0 saturated heterocycles. The van der Waals surface area contributed by atoms with E-state index < -0.39 is 11.9 Å². The number of rotatable bonds is 3. The Morgan fingerprint density at radius 2 is 2.05 bits per heavy atom. The van der Waals surface area contributed by atoms with Crippen LogP contribution in [0.1, 0.15) is 20.8 Å². The third-order valence-electron chi connectivity index (χ3n) is 2.91. The molecule has 7 nitrogen and oxygen atoms in total. The number of hydrogen-bond donors (Lipinski definition) is 2. The summed E-state index contributed by atoms with van der Waals surface area (Å²) in [5, 5.41) is 11.8. The van der Waals surface area contributed by atoms with E-state index >= 15 is 0 Å². The number of nitrogens with zero attached hydrogens (tertiary/aromatic N) is 3. The van der Waals surface area contributed by atoms with Crippen molar-refractivity contribution in [2.75, 3.05) is 5.32 Å². The molecular formula is C14H10N4O3. The monoisotopic (exact) mass is 282 g/mol. The Bertz CT molecular complexity index is 827. The summed E-state index contributed by atoms with van der Waals surface area (Å²) in [5.74, 6) is -1.62. The van der Waals surface area contributed by atoms with Crippen molar-refractivity contribution >= 4 is 23.2 Å². The quantitative estimate of drug-likeness (QED) is 0.761. The highest BCUT2D eigenvalue weighted by molar-refractivity contribution is 6.06. The second kappa shape index (κ2) is 5.04. The van der Waals surface area contributed by atoms with Crippen LogP contribution in [-0.4, -0.2) is 31.4 Å². The highest BCUT2D eigenvalue weighted by Crippen LogP contribution is 2.18. The Balaban J connectivity index is 2.01. The zero-order valence-corrected chi connectivity index (χ0v) is 10.7. The summed E-state index contributed by atoms with van der Waals surface area (Å²) in [5.41, 5.74) is 0.851. The van der Waals surface area contributed by atoms with Crippen LogP contribution in [0.4, 0.5) is 5.69 Å². The van der Waals surface area contributed by atoms with Crippen LogP contribution < -0.4 is 5.32 Å². The Kier molecular flexibility index (Phi) is 3.07. The second-order valence-electron chi connectivity index (χ2n) is 4.27. The van der Waals surface area contributed by atoms with Gasteiger partial charge < -0.3 is 14.8 Å². The molecule has 3 heterocycles. The molecular weight excluding hydrogens is 272 g/mol. The first-order valence-electron chi connectivity index (χ1n) is 6.07. The molecule has 0 fully saturated rings. The number of imidazole rings is 1. The van der Waals surface area contributed by atoms with E-state index in [9.17, 15) is 14.7 Å². The van der Waals surface area contributed by atoms with Gasteiger partial charge in [0.15, 0.2) is 0 Å². The fourth-order valence-electron chi connectivity index (χ4n) is 1.92. The summed E-state index contributed by atoms with van der Waals surface area (Å²) in [6, 6.07) is 6.32. The number of nitrogens with one attached hydrogen (secondary N) is 1. The van der Waals surface area contributed by atoms with Crippen molar-refractivity contribution in [1.29, 1.82) is 0 Å². The fourth-order valence-corrected chi connectivity index (χ4v) is 1.92. The van der Waals surface area contributed by atoms with Crippen LogP contribution in [0, 0.1) is 0 Å². The summed E-state index contributed by atoms with van der Waals surface area (Å²) in [6.45, 7) is 0. The first-order chi connectivity index (χ1) is 10.1. The lowest BCUT2D eigenvalue weighted by Crippen LogP contribution is -2.16. The van der Waals surface area contributed by atoms with Crippen molar-refractivity contribution in [1.82, 2.24) is 14.4 Å². The number of fused-ring (bicyclic) bond motifs is 1. The molecule has 0 radical (unpaired) electrons. The van der Waals surface area contributed by atoms with E-state index in [0.29, 0.717) is 5.65 Å². The number of carboxylic acids is 1. The number of anilines is 1. The average molecular weight is 282 g/mol. The zero-order chi connectivity index (χ0) is 14.8. The number of aromatic nitrogens is 3. The number of hydrogen-bond acceptors (Lipinski definition) is 4. The van der Waals surface area contributed by atoms with Gasteiger partial charge in [-0.2, -0.15) is 0 Å². The maximum absolute atomic E-state index is 12.1. The summed E-state index contributed by atoms with van der Waals surface area (Å²) < 4.78 is 1.63. The van der Waals surface area contributed by atoms with Crippen LogP contribution in [0.5, 0.6) is 0 Å². The van der Waals surface area contributed by atoms with E-state index in [1.165, 1.54) is 18.5 Å². The Hall–Kier alpha value is -3.22. The summed E-state index contributed by atoms with van der Waals surface area (Å²) in [7, 11) is 0. The number of pyridine rings is 2. The van der Waals surface area contributed by atoms with Crippen molar-refractivity contribution in [2.24, 2.45) is 0 Å². The molecule has 0 aliphatic carbocycles. The molecule has 2 N–H and O–H groups in total. The van der Waals surface area contributed by atoms with Gasteiger partial charge in [-0.3, -0.25) is 9.78 Å². The zero-order valence-electron chi connectivity index (χ0n) is 10.7.